The summed E-state index contributed by atoms with van der Waals surface area (Å²) < 4.78 is 0. The van der Waals surface area contributed by atoms with Crippen LogP contribution in [0.25, 0.3) is 0 Å². The first-order chi connectivity index (χ1) is 7.85. The van der Waals surface area contributed by atoms with Gasteiger partial charge in [0.25, 0.3) is 0 Å². The fourth-order valence-electron chi connectivity index (χ4n) is 3.67. The topological polar surface area (TPSA) is 12.0 Å². The van der Waals surface area contributed by atoms with Crippen molar-refractivity contribution < 1.29 is 0 Å². The number of nitrogens with one attached hydrogen (secondary N) is 1. The van der Waals surface area contributed by atoms with Crippen LogP contribution in [0.1, 0.15) is 44.9 Å². The molecule has 2 rings (SSSR count). The van der Waals surface area contributed by atoms with Gasteiger partial charge in [-0.15, -0.1) is 13.2 Å². The Kier molecular flexibility index (Phi) is 4.22. The highest BCUT2D eigenvalue weighted by atomic mass is 15.0. The van der Waals surface area contributed by atoms with E-state index in [1.54, 1.807) is 0 Å². The average molecular weight is 219 g/mol. The third-order valence-electron chi connectivity index (χ3n) is 4.43. The van der Waals surface area contributed by atoms with Crippen LogP contribution in [-0.2, 0) is 0 Å². The van der Waals surface area contributed by atoms with Gasteiger partial charge >= 0.3 is 0 Å². The first-order valence-electron chi connectivity index (χ1n) is 6.83. The van der Waals surface area contributed by atoms with Gasteiger partial charge in [0, 0.05) is 12.1 Å². The normalized spacial score (nSPS) is 38.8. The highest BCUT2D eigenvalue weighted by Crippen LogP contribution is 2.39. The number of hydrogen-bond donors (Lipinski definition) is 1. The van der Waals surface area contributed by atoms with Crippen LogP contribution in [0.15, 0.2) is 25.3 Å². The highest BCUT2D eigenvalue weighted by Gasteiger charge is 2.36. The summed E-state index contributed by atoms with van der Waals surface area (Å²) >= 11 is 0. The monoisotopic (exact) mass is 219 g/mol. The zero-order valence-electron chi connectivity index (χ0n) is 10.3. The summed E-state index contributed by atoms with van der Waals surface area (Å²) in [4.78, 5) is 0. The average Bonchev–Trinajstić information content (AvgIpc) is 2.30. The van der Waals surface area contributed by atoms with Gasteiger partial charge in [-0.05, 0) is 50.4 Å². The number of rotatable bonds is 4. The maximum Gasteiger partial charge on any atom is 0.0104 e. The van der Waals surface area contributed by atoms with Gasteiger partial charge < -0.3 is 5.32 Å². The fourth-order valence-corrected chi connectivity index (χ4v) is 3.67. The predicted octanol–water partition coefficient (Wildman–Crippen LogP) is 3.68. The molecule has 1 saturated carbocycles. The van der Waals surface area contributed by atoms with E-state index in [1.807, 2.05) is 0 Å². The molecule has 0 amide bonds. The second kappa shape index (κ2) is 5.67. The van der Waals surface area contributed by atoms with Crippen molar-refractivity contribution >= 4 is 0 Å². The van der Waals surface area contributed by atoms with E-state index in [4.69, 9.17) is 0 Å². The maximum atomic E-state index is 3.90. The van der Waals surface area contributed by atoms with Gasteiger partial charge in [-0.25, -0.2) is 0 Å². The number of piperidine rings is 1. The number of hydrogen-bond acceptors (Lipinski definition) is 1. The van der Waals surface area contributed by atoms with E-state index >= 15 is 0 Å². The lowest BCUT2D eigenvalue weighted by atomic mass is 9.69. The molecule has 1 nitrogen and oxygen atoms in total. The number of allylic oxidation sites excluding steroid dienone is 1. The Bertz CT molecular complexity index is 246. The fraction of sp³-hybridized carbons (Fsp3) is 0.733. The lowest BCUT2D eigenvalue weighted by Gasteiger charge is -2.44. The van der Waals surface area contributed by atoms with Crippen LogP contribution in [0.2, 0.25) is 0 Å². The van der Waals surface area contributed by atoms with Crippen molar-refractivity contribution in [3.63, 3.8) is 0 Å². The molecule has 1 aliphatic carbocycles. The van der Waals surface area contributed by atoms with E-state index in [9.17, 15) is 0 Å². The molecular weight excluding hydrogens is 194 g/mol. The van der Waals surface area contributed by atoms with Crippen LogP contribution in [0, 0.1) is 11.8 Å². The van der Waals surface area contributed by atoms with Crippen LogP contribution in [0.3, 0.4) is 0 Å². The largest absolute Gasteiger partial charge is 0.311 e. The Morgan fingerprint density at radius 2 is 1.81 bits per heavy atom. The van der Waals surface area contributed by atoms with Gasteiger partial charge in [0.1, 0.15) is 0 Å². The second-order valence-electron chi connectivity index (χ2n) is 5.45. The Morgan fingerprint density at radius 1 is 1.00 bits per heavy atom. The van der Waals surface area contributed by atoms with Crippen molar-refractivity contribution in [3.8, 4) is 0 Å². The predicted molar refractivity (Wildman–Crippen MR) is 70.4 cm³/mol. The van der Waals surface area contributed by atoms with Crippen molar-refractivity contribution in [2.24, 2.45) is 11.8 Å². The van der Waals surface area contributed by atoms with Crippen LogP contribution >= 0.6 is 0 Å². The molecule has 2 aliphatic rings. The summed E-state index contributed by atoms with van der Waals surface area (Å²) in [5.41, 5.74) is 0. The maximum absolute atomic E-state index is 3.90. The molecule has 0 unspecified atom stereocenters. The third kappa shape index (κ3) is 2.57. The van der Waals surface area contributed by atoms with Gasteiger partial charge in [0.2, 0.25) is 0 Å². The quantitative estimate of drug-likeness (QED) is 0.711. The Morgan fingerprint density at radius 3 is 2.56 bits per heavy atom. The van der Waals surface area contributed by atoms with Gasteiger partial charge in [-0.1, -0.05) is 18.6 Å². The Balaban J connectivity index is 1.93. The SMILES string of the molecule is C=CC[C@H]1CC[C@H]2[C@@H](CC=C)CCC[C@@H]2N1. The summed E-state index contributed by atoms with van der Waals surface area (Å²) in [6.07, 6.45) is 13.5. The van der Waals surface area contributed by atoms with Crippen molar-refractivity contribution in [1.29, 1.82) is 0 Å². The first kappa shape index (κ1) is 11.9. The minimum Gasteiger partial charge on any atom is -0.311 e. The van der Waals surface area contributed by atoms with E-state index in [1.165, 1.54) is 38.5 Å². The zero-order valence-corrected chi connectivity index (χ0v) is 10.3. The molecule has 0 spiro atoms. The van der Waals surface area contributed by atoms with E-state index in [0.717, 1.165) is 24.3 Å². The molecule has 0 aromatic heterocycles. The molecule has 1 heteroatoms. The summed E-state index contributed by atoms with van der Waals surface area (Å²) in [5.74, 6) is 1.81. The lowest BCUT2D eigenvalue weighted by molar-refractivity contribution is 0.117. The molecular formula is C15H25N. The molecule has 0 aromatic rings. The lowest BCUT2D eigenvalue weighted by Crippen LogP contribution is -2.51. The van der Waals surface area contributed by atoms with Crippen LogP contribution in [0.5, 0.6) is 0 Å². The molecule has 1 heterocycles. The molecule has 2 fully saturated rings. The second-order valence-corrected chi connectivity index (χ2v) is 5.45. The molecule has 1 aliphatic heterocycles. The van der Waals surface area contributed by atoms with Gasteiger partial charge in [0.15, 0.2) is 0 Å². The van der Waals surface area contributed by atoms with E-state index in [-0.39, 0.29) is 0 Å². The molecule has 4 atom stereocenters. The smallest absolute Gasteiger partial charge is 0.0104 e. The molecule has 90 valence electrons. The summed E-state index contributed by atoms with van der Waals surface area (Å²) in [7, 11) is 0. The van der Waals surface area contributed by atoms with Crippen molar-refractivity contribution in [2.75, 3.05) is 0 Å². The van der Waals surface area contributed by atoms with E-state index < -0.39 is 0 Å². The van der Waals surface area contributed by atoms with Crippen LogP contribution in [-0.4, -0.2) is 12.1 Å². The van der Waals surface area contributed by atoms with E-state index in [0.29, 0.717) is 6.04 Å². The van der Waals surface area contributed by atoms with Crippen LogP contribution < -0.4 is 5.32 Å². The van der Waals surface area contributed by atoms with Gasteiger partial charge in [-0.2, -0.15) is 0 Å². The minimum atomic E-state index is 0.696. The van der Waals surface area contributed by atoms with Crippen molar-refractivity contribution in [2.45, 2.75) is 57.0 Å². The molecule has 0 aromatic carbocycles. The standard InChI is InChI=1S/C15H25N/c1-3-6-12-8-5-9-15-14(12)11-10-13(16-15)7-4-2/h3-4,12-16H,1-2,5-11H2/t12-,13-,14-,15-/m0/s1. The first-order valence-corrected chi connectivity index (χ1v) is 6.83. The Hall–Kier alpha value is -0.560. The van der Waals surface area contributed by atoms with Gasteiger partial charge in [-0.3, -0.25) is 0 Å². The van der Waals surface area contributed by atoms with Crippen molar-refractivity contribution in [3.05, 3.63) is 25.3 Å². The number of fused-ring (bicyclic) bond motifs is 1. The van der Waals surface area contributed by atoms with Crippen LogP contribution in [0.4, 0.5) is 0 Å². The molecule has 1 saturated heterocycles. The van der Waals surface area contributed by atoms with Gasteiger partial charge in [0.05, 0.1) is 0 Å². The zero-order chi connectivity index (χ0) is 11.4. The summed E-state index contributed by atoms with van der Waals surface area (Å²) in [6.45, 7) is 7.75. The molecule has 16 heavy (non-hydrogen) atoms. The third-order valence-corrected chi connectivity index (χ3v) is 4.43. The molecule has 0 bridgehead atoms. The van der Waals surface area contributed by atoms with Crippen molar-refractivity contribution in [1.82, 2.24) is 5.32 Å². The highest BCUT2D eigenvalue weighted by molar-refractivity contribution is 4.96. The Labute approximate surface area is 100 Å². The van der Waals surface area contributed by atoms with E-state index in [2.05, 4.69) is 30.6 Å². The molecule has 0 radical (unpaired) electrons. The molecule has 1 N–H and O–H groups in total. The minimum absolute atomic E-state index is 0.696. The summed E-state index contributed by atoms with van der Waals surface area (Å²) in [5, 5.41) is 3.84. The summed E-state index contributed by atoms with van der Waals surface area (Å²) in [6, 6.07) is 1.47.